The van der Waals surface area contributed by atoms with Crippen molar-refractivity contribution < 1.29 is 9.21 Å². The molecule has 1 amide bonds. The molecule has 1 fully saturated rings. The molecular formula is C15H22N2O2S. The molecule has 20 heavy (non-hydrogen) atoms. The molecule has 0 unspecified atom stereocenters. The molecule has 2 rings (SSSR count). The summed E-state index contributed by atoms with van der Waals surface area (Å²) in [7, 11) is 4.10. The molecule has 5 heteroatoms. The van der Waals surface area contributed by atoms with Gasteiger partial charge in [-0.15, -0.1) is 0 Å². The highest BCUT2D eigenvalue weighted by Gasteiger charge is 2.24. The van der Waals surface area contributed by atoms with Gasteiger partial charge in [-0.25, -0.2) is 0 Å². The predicted octanol–water partition coefficient (Wildman–Crippen LogP) is 2.19. The lowest BCUT2D eigenvalue weighted by Crippen LogP contribution is -2.46. The van der Waals surface area contributed by atoms with E-state index in [1.54, 1.807) is 18.4 Å². The van der Waals surface area contributed by atoms with Crippen LogP contribution in [0.25, 0.3) is 6.08 Å². The van der Waals surface area contributed by atoms with Crippen LogP contribution in [0.3, 0.4) is 0 Å². The zero-order valence-corrected chi connectivity index (χ0v) is 12.9. The molecule has 0 bridgehead atoms. The molecule has 110 valence electrons. The van der Waals surface area contributed by atoms with Gasteiger partial charge in [-0.1, -0.05) is 0 Å². The van der Waals surface area contributed by atoms with E-state index in [0.29, 0.717) is 5.76 Å². The van der Waals surface area contributed by atoms with E-state index in [1.165, 1.54) is 0 Å². The van der Waals surface area contributed by atoms with Crippen LogP contribution in [0.2, 0.25) is 0 Å². The van der Waals surface area contributed by atoms with Crippen molar-refractivity contribution in [2.45, 2.75) is 12.5 Å². The van der Waals surface area contributed by atoms with Gasteiger partial charge >= 0.3 is 0 Å². The van der Waals surface area contributed by atoms with Crippen LogP contribution in [0.1, 0.15) is 12.2 Å². The van der Waals surface area contributed by atoms with Gasteiger partial charge < -0.3 is 14.2 Å². The fourth-order valence-electron chi connectivity index (χ4n) is 2.33. The fourth-order valence-corrected chi connectivity index (χ4v) is 3.38. The van der Waals surface area contributed by atoms with Crippen LogP contribution in [0.4, 0.5) is 0 Å². The Labute approximate surface area is 124 Å². The fraction of sp³-hybridized carbons (Fsp3) is 0.533. The molecule has 0 radical (unpaired) electrons. The summed E-state index contributed by atoms with van der Waals surface area (Å²) in [6.45, 7) is 1.75. The summed E-state index contributed by atoms with van der Waals surface area (Å²) in [5.41, 5.74) is 0. The lowest BCUT2D eigenvalue weighted by atomic mass is 10.2. The highest BCUT2D eigenvalue weighted by molar-refractivity contribution is 7.99. The smallest absolute Gasteiger partial charge is 0.247 e. The first-order valence-corrected chi connectivity index (χ1v) is 8.07. The Bertz CT molecular complexity index is 443. The molecule has 1 aliphatic rings. The van der Waals surface area contributed by atoms with Gasteiger partial charge in [0.1, 0.15) is 5.76 Å². The maximum absolute atomic E-state index is 12.4. The van der Waals surface area contributed by atoms with Crippen molar-refractivity contribution in [1.29, 1.82) is 0 Å². The molecule has 1 atom stereocenters. The Balaban J connectivity index is 2.03. The Morgan fingerprint density at radius 3 is 3.15 bits per heavy atom. The van der Waals surface area contributed by atoms with Crippen LogP contribution in [0.5, 0.6) is 0 Å². The Hall–Kier alpha value is -1.20. The Morgan fingerprint density at radius 2 is 2.45 bits per heavy atom. The zero-order chi connectivity index (χ0) is 14.4. The van der Waals surface area contributed by atoms with E-state index in [-0.39, 0.29) is 11.9 Å². The van der Waals surface area contributed by atoms with Crippen LogP contribution < -0.4 is 0 Å². The van der Waals surface area contributed by atoms with Crippen molar-refractivity contribution in [2.75, 3.05) is 38.7 Å². The van der Waals surface area contributed by atoms with Crippen LogP contribution in [0, 0.1) is 0 Å². The normalized spacial score (nSPS) is 20.6. The second kappa shape index (κ2) is 7.55. The third-order valence-electron chi connectivity index (χ3n) is 3.23. The maximum Gasteiger partial charge on any atom is 0.247 e. The van der Waals surface area contributed by atoms with E-state index in [9.17, 15) is 4.79 Å². The Kier molecular flexibility index (Phi) is 5.73. The minimum absolute atomic E-state index is 0.0794. The number of hydrogen-bond acceptors (Lipinski definition) is 4. The van der Waals surface area contributed by atoms with E-state index in [1.807, 2.05) is 28.8 Å². The first-order chi connectivity index (χ1) is 9.66. The topological polar surface area (TPSA) is 36.7 Å². The van der Waals surface area contributed by atoms with Crippen molar-refractivity contribution >= 4 is 23.7 Å². The number of thioether (sulfide) groups is 1. The van der Waals surface area contributed by atoms with Crippen molar-refractivity contribution in [2.24, 2.45) is 0 Å². The molecule has 1 aromatic heterocycles. The van der Waals surface area contributed by atoms with Crippen LogP contribution in [-0.2, 0) is 4.79 Å². The monoisotopic (exact) mass is 294 g/mol. The first kappa shape index (κ1) is 15.2. The van der Waals surface area contributed by atoms with Crippen LogP contribution in [-0.4, -0.2) is 60.4 Å². The van der Waals surface area contributed by atoms with E-state index in [0.717, 1.165) is 31.0 Å². The third kappa shape index (κ3) is 4.42. The zero-order valence-electron chi connectivity index (χ0n) is 12.1. The van der Waals surface area contributed by atoms with Crippen molar-refractivity contribution in [1.82, 2.24) is 9.80 Å². The maximum atomic E-state index is 12.4. The minimum Gasteiger partial charge on any atom is -0.465 e. The molecule has 1 saturated heterocycles. The van der Waals surface area contributed by atoms with Crippen molar-refractivity contribution in [3.63, 3.8) is 0 Å². The summed E-state index contributed by atoms with van der Waals surface area (Å²) < 4.78 is 5.22. The summed E-state index contributed by atoms with van der Waals surface area (Å²) in [6.07, 6.45) is 6.04. The first-order valence-electron chi connectivity index (χ1n) is 6.91. The van der Waals surface area contributed by atoms with Crippen LogP contribution >= 0.6 is 11.8 Å². The van der Waals surface area contributed by atoms with Gasteiger partial charge in [0.25, 0.3) is 0 Å². The molecule has 0 aromatic carbocycles. The number of amides is 1. The summed E-state index contributed by atoms with van der Waals surface area (Å²) in [5.74, 6) is 2.94. The molecular weight excluding hydrogens is 272 g/mol. The van der Waals surface area contributed by atoms with Gasteiger partial charge in [0.15, 0.2) is 0 Å². The largest absolute Gasteiger partial charge is 0.465 e. The number of rotatable bonds is 4. The van der Waals surface area contributed by atoms with E-state index < -0.39 is 0 Å². The Morgan fingerprint density at radius 1 is 1.60 bits per heavy atom. The highest BCUT2D eigenvalue weighted by Crippen LogP contribution is 2.17. The van der Waals surface area contributed by atoms with Crippen LogP contribution in [0.15, 0.2) is 28.9 Å². The summed E-state index contributed by atoms with van der Waals surface area (Å²) in [5, 5.41) is 0. The second-order valence-corrected chi connectivity index (χ2v) is 6.37. The number of hydrogen-bond donors (Lipinski definition) is 0. The lowest BCUT2D eigenvalue weighted by Gasteiger charge is -2.30. The molecule has 0 spiro atoms. The van der Waals surface area contributed by atoms with E-state index in [4.69, 9.17) is 4.42 Å². The summed E-state index contributed by atoms with van der Waals surface area (Å²) in [4.78, 5) is 16.6. The SMILES string of the molecule is CN(C)C[C@H]1CSCCCN1C(=O)/C=C/c1ccco1. The quantitative estimate of drug-likeness (QED) is 0.798. The molecule has 2 heterocycles. The van der Waals surface area contributed by atoms with Gasteiger partial charge in [-0.3, -0.25) is 4.79 Å². The molecule has 4 nitrogen and oxygen atoms in total. The van der Waals surface area contributed by atoms with Crippen molar-refractivity contribution in [3.8, 4) is 0 Å². The standard InChI is InChI=1S/C15H22N2O2S/c1-16(2)11-13-12-20-10-4-8-17(13)15(18)7-6-14-5-3-9-19-14/h3,5-7,9,13H,4,8,10-12H2,1-2H3/b7-6+/t13-/m0/s1. The van der Waals surface area contributed by atoms with Crippen molar-refractivity contribution in [3.05, 3.63) is 30.2 Å². The van der Waals surface area contributed by atoms with Gasteiger partial charge in [0, 0.05) is 24.9 Å². The number of nitrogens with zero attached hydrogens (tertiary/aromatic N) is 2. The number of furan rings is 1. The van der Waals surface area contributed by atoms with Gasteiger partial charge in [0.05, 0.1) is 12.3 Å². The molecule has 0 N–H and O–H groups in total. The predicted molar refractivity (Wildman–Crippen MR) is 83.7 cm³/mol. The molecule has 1 aromatic rings. The van der Waals surface area contributed by atoms with Gasteiger partial charge in [-0.05, 0) is 44.5 Å². The average Bonchev–Trinajstić information content (AvgIpc) is 2.82. The molecule has 1 aliphatic heterocycles. The highest BCUT2D eigenvalue weighted by atomic mass is 32.2. The summed E-state index contributed by atoms with van der Waals surface area (Å²) in [6, 6.07) is 3.95. The second-order valence-electron chi connectivity index (χ2n) is 5.22. The van der Waals surface area contributed by atoms with Gasteiger partial charge in [0.2, 0.25) is 5.91 Å². The van der Waals surface area contributed by atoms with E-state index in [2.05, 4.69) is 19.0 Å². The number of likely N-dealkylation sites (N-methyl/N-ethyl adjacent to an activating group) is 1. The lowest BCUT2D eigenvalue weighted by molar-refractivity contribution is -0.128. The average molecular weight is 294 g/mol. The molecule has 0 aliphatic carbocycles. The third-order valence-corrected chi connectivity index (χ3v) is 4.43. The number of carbonyl (C=O) groups is 1. The molecule has 0 saturated carbocycles. The van der Waals surface area contributed by atoms with E-state index >= 15 is 0 Å². The number of carbonyl (C=O) groups excluding carboxylic acids is 1. The van der Waals surface area contributed by atoms with Gasteiger partial charge in [-0.2, -0.15) is 11.8 Å². The summed E-state index contributed by atoms with van der Waals surface area (Å²) >= 11 is 1.94. The minimum atomic E-state index is 0.0794.